The van der Waals surface area contributed by atoms with Gasteiger partial charge in [-0.2, -0.15) is 0 Å². The van der Waals surface area contributed by atoms with E-state index >= 15 is 0 Å². The molecule has 1 unspecified atom stereocenters. The lowest BCUT2D eigenvalue weighted by atomic mass is 10.1. The largest absolute Gasteiger partial charge is 0.433 e. The molecule has 1 aromatic rings. The van der Waals surface area contributed by atoms with Crippen LogP contribution in [0.1, 0.15) is 17.0 Å². The zero-order chi connectivity index (χ0) is 13.1. The third-order valence-corrected chi connectivity index (χ3v) is 3.05. The first-order chi connectivity index (χ1) is 8.61. The number of amides is 1. The zero-order valence-corrected chi connectivity index (χ0v) is 11.3. The van der Waals surface area contributed by atoms with E-state index in [1.807, 2.05) is 7.05 Å². The molecule has 1 atom stereocenters. The summed E-state index contributed by atoms with van der Waals surface area (Å²) in [6.45, 7) is 2.19. The predicted octanol–water partition coefficient (Wildman–Crippen LogP) is 1.29. The summed E-state index contributed by atoms with van der Waals surface area (Å²) < 4.78 is 4.91. The van der Waals surface area contributed by atoms with Crippen molar-refractivity contribution in [2.75, 3.05) is 26.7 Å². The molecule has 1 aliphatic heterocycles. The van der Waals surface area contributed by atoms with E-state index in [9.17, 15) is 14.9 Å². The maximum atomic E-state index is 12.0. The summed E-state index contributed by atoms with van der Waals surface area (Å²) >= 11 is 0. The van der Waals surface area contributed by atoms with Crippen molar-refractivity contribution in [3.63, 3.8) is 0 Å². The number of likely N-dealkylation sites (tertiary alicyclic amines) is 1. The Morgan fingerprint density at radius 1 is 1.63 bits per heavy atom. The van der Waals surface area contributed by atoms with Crippen LogP contribution in [0.25, 0.3) is 0 Å². The topological polar surface area (TPSA) is 88.6 Å². The zero-order valence-electron chi connectivity index (χ0n) is 10.5. The van der Waals surface area contributed by atoms with Crippen molar-refractivity contribution in [2.24, 2.45) is 5.92 Å². The molecular weight excluding hydrogens is 274 g/mol. The number of halogens is 1. The summed E-state index contributed by atoms with van der Waals surface area (Å²) in [6.07, 6.45) is 0.940. The van der Waals surface area contributed by atoms with Crippen LogP contribution in [0.4, 0.5) is 5.88 Å². The van der Waals surface area contributed by atoms with Crippen molar-refractivity contribution >= 4 is 24.2 Å². The second-order valence-electron chi connectivity index (χ2n) is 4.36. The molecule has 0 radical (unpaired) electrons. The SMILES string of the molecule is CNCC1CCN(C(=O)c2ccc([N+](=O)[O-])o2)C1.Cl. The van der Waals surface area contributed by atoms with Crippen LogP contribution in [0.5, 0.6) is 0 Å². The summed E-state index contributed by atoms with van der Waals surface area (Å²) in [5.74, 6) is -0.207. The van der Waals surface area contributed by atoms with Crippen molar-refractivity contribution in [3.05, 3.63) is 28.0 Å². The van der Waals surface area contributed by atoms with Gasteiger partial charge in [-0.3, -0.25) is 14.9 Å². The van der Waals surface area contributed by atoms with Gasteiger partial charge in [0, 0.05) is 13.1 Å². The van der Waals surface area contributed by atoms with Crippen LogP contribution in [0.15, 0.2) is 16.5 Å². The molecule has 0 aliphatic carbocycles. The quantitative estimate of drug-likeness (QED) is 0.666. The first-order valence-corrected chi connectivity index (χ1v) is 5.80. The Morgan fingerprint density at radius 3 is 2.95 bits per heavy atom. The molecule has 106 valence electrons. The van der Waals surface area contributed by atoms with Crippen LogP contribution < -0.4 is 5.32 Å². The number of hydrogen-bond acceptors (Lipinski definition) is 5. The molecule has 1 aromatic heterocycles. The highest BCUT2D eigenvalue weighted by Crippen LogP contribution is 2.21. The van der Waals surface area contributed by atoms with Gasteiger partial charge in [-0.15, -0.1) is 12.4 Å². The van der Waals surface area contributed by atoms with Gasteiger partial charge in [0.2, 0.25) is 0 Å². The third-order valence-electron chi connectivity index (χ3n) is 3.05. The van der Waals surface area contributed by atoms with Gasteiger partial charge in [0.25, 0.3) is 5.91 Å². The minimum atomic E-state index is -0.648. The van der Waals surface area contributed by atoms with Gasteiger partial charge in [-0.1, -0.05) is 0 Å². The number of hydrogen-bond donors (Lipinski definition) is 1. The molecule has 1 fully saturated rings. The number of nitro groups is 1. The average molecular weight is 290 g/mol. The van der Waals surface area contributed by atoms with E-state index in [0.717, 1.165) is 13.0 Å². The molecule has 1 aliphatic rings. The van der Waals surface area contributed by atoms with E-state index in [4.69, 9.17) is 4.42 Å². The summed E-state index contributed by atoms with van der Waals surface area (Å²) in [5, 5.41) is 13.6. The molecular formula is C11H16ClN3O4. The van der Waals surface area contributed by atoms with E-state index in [2.05, 4.69) is 5.32 Å². The lowest BCUT2D eigenvalue weighted by Gasteiger charge is -2.14. The van der Waals surface area contributed by atoms with Crippen molar-refractivity contribution in [1.29, 1.82) is 0 Å². The van der Waals surface area contributed by atoms with Crippen molar-refractivity contribution in [3.8, 4) is 0 Å². The Labute approximate surface area is 116 Å². The molecule has 2 rings (SSSR count). The fourth-order valence-electron chi connectivity index (χ4n) is 2.17. The molecule has 0 saturated carbocycles. The highest BCUT2D eigenvalue weighted by atomic mass is 35.5. The Hall–Kier alpha value is -1.60. The molecule has 19 heavy (non-hydrogen) atoms. The van der Waals surface area contributed by atoms with E-state index in [1.165, 1.54) is 12.1 Å². The number of furan rings is 1. The molecule has 1 N–H and O–H groups in total. The number of nitrogens with one attached hydrogen (secondary N) is 1. The molecule has 0 aromatic carbocycles. The van der Waals surface area contributed by atoms with Crippen LogP contribution in [0.2, 0.25) is 0 Å². The Bertz CT molecular complexity index is 463. The van der Waals surface area contributed by atoms with Gasteiger partial charge in [0.1, 0.15) is 4.92 Å². The standard InChI is InChI=1S/C11H15N3O4.ClH/c1-12-6-8-4-5-13(7-8)11(15)9-2-3-10(18-9)14(16)17;/h2-3,8,12H,4-7H2,1H3;1H. The maximum Gasteiger partial charge on any atom is 0.433 e. The first-order valence-electron chi connectivity index (χ1n) is 5.80. The second-order valence-corrected chi connectivity index (χ2v) is 4.36. The van der Waals surface area contributed by atoms with Gasteiger partial charge in [0.15, 0.2) is 5.76 Å². The average Bonchev–Trinajstić information content (AvgIpc) is 2.97. The fraction of sp³-hybridized carbons (Fsp3) is 0.545. The van der Waals surface area contributed by atoms with E-state index in [0.29, 0.717) is 19.0 Å². The third kappa shape index (κ3) is 3.45. The van der Waals surface area contributed by atoms with Gasteiger partial charge in [-0.25, -0.2) is 0 Å². The lowest BCUT2D eigenvalue weighted by Crippen LogP contribution is -2.30. The van der Waals surface area contributed by atoms with Crippen LogP contribution in [-0.4, -0.2) is 42.4 Å². The van der Waals surface area contributed by atoms with E-state index < -0.39 is 10.8 Å². The van der Waals surface area contributed by atoms with E-state index in [1.54, 1.807) is 4.90 Å². The minimum absolute atomic E-state index is 0. The molecule has 7 nitrogen and oxygen atoms in total. The van der Waals surface area contributed by atoms with Gasteiger partial charge in [-0.05, 0) is 32.0 Å². The summed E-state index contributed by atoms with van der Waals surface area (Å²) in [4.78, 5) is 23.5. The van der Waals surface area contributed by atoms with Crippen LogP contribution in [-0.2, 0) is 0 Å². The maximum absolute atomic E-state index is 12.0. The van der Waals surface area contributed by atoms with Crippen molar-refractivity contribution in [1.82, 2.24) is 10.2 Å². The summed E-state index contributed by atoms with van der Waals surface area (Å²) in [6, 6.07) is 2.56. The number of nitrogens with zero attached hydrogens (tertiary/aromatic N) is 2. The Balaban J connectivity index is 0.00000180. The highest BCUT2D eigenvalue weighted by molar-refractivity contribution is 5.91. The molecule has 0 spiro atoms. The van der Waals surface area contributed by atoms with Crippen molar-refractivity contribution < 1.29 is 14.1 Å². The van der Waals surface area contributed by atoms with E-state index in [-0.39, 0.29) is 24.1 Å². The smallest absolute Gasteiger partial charge is 0.395 e. The summed E-state index contributed by atoms with van der Waals surface area (Å²) in [7, 11) is 1.88. The molecule has 1 amide bonds. The Kier molecular flexibility index (Phi) is 5.31. The minimum Gasteiger partial charge on any atom is -0.395 e. The second kappa shape index (κ2) is 6.53. The fourth-order valence-corrected chi connectivity index (χ4v) is 2.17. The van der Waals surface area contributed by atoms with Gasteiger partial charge in [0.05, 0.1) is 6.07 Å². The van der Waals surface area contributed by atoms with Crippen molar-refractivity contribution in [2.45, 2.75) is 6.42 Å². The highest BCUT2D eigenvalue weighted by Gasteiger charge is 2.29. The predicted molar refractivity (Wildman–Crippen MR) is 70.5 cm³/mol. The van der Waals surface area contributed by atoms with Gasteiger partial charge >= 0.3 is 5.88 Å². The molecule has 1 saturated heterocycles. The molecule has 2 heterocycles. The Morgan fingerprint density at radius 2 is 2.37 bits per heavy atom. The summed E-state index contributed by atoms with van der Waals surface area (Å²) in [5.41, 5.74) is 0. The number of carbonyl (C=O) groups is 1. The normalized spacial score (nSPS) is 18.2. The first kappa shape index (κ1) is 15.5. The van der Waals surface area contributed by atoms with Crippen LogP contribution >= 0.6 is 12.4 Å². The monoisotopic (exact) mass is 289 g/mol. The van der Waals surface area contributed by atoms with Crippen LogP contribution in [0.3, 0.4) is 0 Å². The molecule has 0 bridgehead atoms. The van der Waals surface area contributed by atoms with Gasteiger partial charge < -0.3 is 14.6 Å². The lowest BCUT2D eigenvalue weighted by molar-refractivity contribution is -0.402. The molecule has 8 heteroatoms. The number of carbonyl (C=O) groups excluding carboxylic acids is 1. The number of rotatable bonds is 4. The van der Waals surface area contributed by atoms with Crippen LogP contribution in [0, 0.1) is 16.0 Å².